The van der Waals surface area contributed by atoms with Crippen molar-refractivity contribution in [1.29, 1.82) is 5.26 Å². The monoisotopic (exact) mass is 208 g/mol. The molecule has 0 N–H and O–H groups in total. The van der Waals surface area contributed by atoms with Crippen LogP contribution in [0.25, 0.3) is 11.1 Å². The molecule has 16 heavy (non-hydrogen) atoms. The van der Waals surface area contributed by atoms with Crippen molar-refractivity contribution in [2.75, 3.05) is 0 Å². The number of ether oxygens (including phenoxy) is 1. The third kappa shape index (κ3) is 1.24. The Kier molecular flexibility index (Phi) is 1.87. The summed E-state index contributed by atoms with van der Waals surface area (Å²) in [6, 6.07) is 9.59. The van der Waals surface area contributed by atoms with Gasteiger partial charge in [-0.3, -0.25) is 4.98 Å². The van der Waals surface area contributed by atoms with Crippen molar-refractivity contribution in [3.63, 3.8) is 0 Å². The Morgan fingerprint density at radius 1 is 1.25 bits per heavy atom. The minimum absolute atomic E-state index is 0.519. The van der Waals surface area contributed by atoms with Crippen molar-refractivity contribution in [2.24, 2.45) is 0 Å². The maximum absolute atomic E-state index is 8.82. The number of pyridine rings is 1. The Morgan fingerprint density at radius 2 is 2.19 bits per heavy atom. The summed E-state index contributed by atoms with van der Waals surface area (Å²) >= 11 is 0. The molecule has 1 aromatic heterocycles. The fourth-order valence-electron chi connectivity index (χ4n) is 1.89. The fourth-order valence-corrected chi connectivity index (χ4v) is 1.89. The predicted molar refractivity (Wildman–Crippen MR) is 58.7 cm³/mol. The van der Waals surface area contributed by atoms with Crippen molar-refractivity contribution in [2.45, 2.75) is 6.61 Å². The van der Waals surface area contributed by atoms with Gasteiger partial charge in [-0.2, -0.15) is 5.26 Å². The van der Waals surface area contributed by atoms with Gasteiger partial charge in [-0.25, -0.2) is 0 Å². The molecule has 0 saturated carbocycles. The van der Waals surface area contributed by atoms with Gasteiger partial charge in [0, 0.05) is 23.5 Å². The Labute approximate surface area is 92.9 Å². The van der Waals surface area contributed by atoms with E-state index < -0.39 is 0 Å². The average Bonchev–Trinajstić information content (AvgIpc) is 2.38. The fraction of sp³-hybridized carbons (Fsp3) is 0.0769. The SMILES string of the molecule is N#Cc1ccc2c(c1)OCc1cnccc1-2. The lowest BCUT2D eigenvalue weighted by Crippen LogP contribution is -2.05. The number of rotatable bonds is 0. The molecule has 2 aromatic rings. The smallest absolute Gasteiger partial charge is 0.128 e. The highest BCUT2D eigenvalue weighted by molar-refractivity contribution is 5.75. The van der Waals surface area contributed by atoms with Crippen molar-refractivity contribution >= 4 is 0 Å². The first-order valence-corrected chi connectivity index (χ1v) is 4.99. The van der Waals surface area contributed by atoms with Gasteiger partial charge in [-0.1, -0.05) is 0 Å². The molecule has 0 atom stereocenters. The minimum atomic E-state index is 0.519. The summed E-state index contributed by atoms with van der Waals surface area (Å²) in [6.45, 7) is 0.519. The van der Waals surface area contributed by atoms with Crippen molar-refractivity contribution in [3.8, 4) is 22.9 Å². The molecule has 1 aliphatic heterocycles. The van der Waals surface area contributed by atoms with Gasteiger partial charge >= 0.3 is 0 Å². The second-order valence-corrected chi connectivity index (χ2v) is 3.64. The van der Waals surface area contributed by atoms with E-state index in [0.717, 1.165) is 22.4 Å². The van der Waals surface area contributed by atoms with Crippen molar-refractivity contribution in [1.82, 2.24) is 4.98 Å². The number of fused-ring (bicyclic) bond motifs is 3. The molecule has 76 valence electrons. The average molecular weight is 208 g/mol. The molecule has 0 aliphatic carbocycles. The second kappa shape index (κ2) is 3.35. The van der Waals surface area contributed by atoms with Crippen molar-refractivity contribution in [3.05, 3.63) is 47.8 Å². The Bertz CT molecular complexity index is 599. The summed E-state index contributed by atoms with van der Waals surface area (Å²) in [7, 11) is 0. The largest absolute Gasteiger partial charge is 0.488 e. The number of hydrogen-bond acceptors (Lipinski definition) is 3. The first kappa shape index (κ1) is 8.93. The van der Waals surface area contributed by atoms with Gasteiger partial charge < -0.3 is 4.74 Å². The molecule has 0 amide bonds. The second-order valence-electron chi connectivity index (χ2n) is 3.64. The van der Waals surface area contributed by atoms with E-state index in [9.17, 15) is 0 Å². The predicted octanol–water partition coefficient (Wildman–Crippen LogP) is 2.51. The summed E-state index contributed by atoms with van der Waals surface area (Å²) < 4.78 is 5.60. The normalized spacial score (nSPS) is 11.9. The topological polar surface area (TPSA) is 45.9 Å². The zero-order valence-electron chi connectivity index (χ0n) is 8.47. The lowest BCUT2D eigenvalue weighted by atomic mass is 9.98. The maximum Gasteiger partial charge on any atom is 0.128 e. The number of hydrogen-bond donors (Lipinski definition) is 0. The molecule has 0 bridgehead atoms. The third-order valence-electron chi connectivity index (χ3n) is 2.69. The molecule has 0 saturated heterocycles. The first-order chi connectivity index (χ1) is 7.88. The van der Waals surface area contributed by atoms with Gasteiger partial charge in [-0.15, -0.1) is 0 Å². The van der Waals surface area contributed by atoms with Gasteiger partial charge in [-0.05, 0) is 29.8 Å². The number of benzene rings is 1. The molecule has 2 heterocycles. The van der Waals surface area contributed by atoms with Gasteiger partial charge in [0.05, 0.1) is 11.6 Å². The van der Waals surface area contributed by atoms with Crippen LogP contribution < -0.4 is 4.74 Å². The summed E-state index contributed by atoms with van der Waals surface area (Å²) in [4.78, 5) is 4.07. The van der Waals surface area contributed by atoms with Gasteiger partial charge in [0.15, 0.2) is 0 Å². The molecular weight excluding hydrogens is 200 g/mol. The molecule has 0 fully saturated rings. The third-order valence-corrected chi connectivity index (χ3v) is 2.69. The minimum Gasteiger partial charge on any atom is -0.488 e. The highest BCUT2D eigenvalue weighted by Gasteiger charge is 2.16. The summed E-state index contributed by atoms with van der Waals surface area (Å²) in [5.74, 6) is 0.776. The van der Waals surface area contributed by atoms with E-state index in [1.54, 1.807) is 18.3 Å². The molecule has 3 rings (SSSR count). The quantitative estimate of drug-likeness (QED) is 0.668. The van der Waals surface area contributed by atoms with E-state index >= 15 is 0 Å². The summed E-state index contributed by atoms with van der Waals surface area (Å²) in [5, 5.41) is 8.82. The van der Waals surface area contributed by atoms with E-state index in [2.05, 4.69) is 11.1 Å². The van der Waals surface area contributed by atoms with Crippen LogP contribution in [-0.2, 0) is 6.61 Å². The highest BCUT2D eigenvalue weighted by atomic mass is 16.5. The lowest BCUT2D eigenvalue weighted by molar-refractivity contribution is 0.302. The lowest BCUT2D eigenvalue weighted by Gasteiger charge is -2.20. The zero-order chi connectivity index (χ0) is 11.0. The first-order valence-electron chi connectivity index (χ1n) is 4.99. The number of nitriles is 1. The van der Waals surface area contributed by atoms with Crippen LogP contribution in [0.4, 0.5) is 0 Å². The standard InChI is InChI=1S/C13H8N2O/c14-6-9-1-2-12-11-3-4-15-7-10(11)8-16-13(12)5-9/h1-5,7H,8H2. The highest BCUT2D eigenvalue weighted by Crippen LogP contribution is 2.37. The molecule has 3 nitrogen and oxygen atoms in total. The molecule has 1 aliphatic rings. The van der Waals surface area contributed by atoms with E-state index in [0.29, 0.717) is 12.2 Å². The zero-order valence-corrected chi connectivity index (χ0v) is 8.47. The van der Waals surface area contributed by atoms with Crippen LogP contribution in [0.1, 0.15) is 11.1 Å². The molecular formula is C13H8N2O. The number of nitrogens with zero attached hydrogens (tertiary/aromatic N) is 2. The van der Waals surface area contributed by atoms with Crippen LogP contribution in [0.3, 0.4) is 0 Å². The Balaban J connectivity index is 2.23. The summed E-state index contributed by atoms with van der Waals surface area (Å²) in [6.07, 6.45) is 3.59. The van der Waals surface area contributed by atoms with Gasteiger partial charge in [0.25, 0.3) is 0 Å². The van der Waals surface area contributed by atoms with E-state index in [1.807, 2.05) is 18.3 Å². The molecule has 0 unspecified atom stereocenters. The van der Waals surface area contributed by atoms with Gasteiger partial charge in [0.1, 0.15) is 12.4 Å². The Hall–Kier alpha value is -2.34. The Morgan fingerprint density at radius 3 is 3.06 bits per heavy atom. The van der Waals surface area contributed by atoms with E-state index in [-0.39, 0.29) is 0 Å². The van der Waals surface area contributed by atoms with Crippen LogP contribution in [-0.4, -0.2) is 4.98 Å². The van der Waals surface area contributed by atoms with Crippen LogP contribution in [0.5, 0.6) is 5.75 Å². The van der Waals surface area contributed by atoms with E-state index in [1.165, 1.54) is 0 Å². The van der Waals surface area contributed by atoms with Crippen LogP contribution in [0.2, 0.25) is 0 Å². The van der Waals surface area contributed by atoms with Crippen LogP contribution >= 0.6 is 0 Å². The molecule has 0 spiro atoms. The number of aromatic nitrogens is 1. The van der Waals surface area contributed by atoms with Crippen LogP contribution in [0, 0.1) is 11.3 Å². The summed E-state index contributed by atoms with van der Waals surface area (Å²) in [5.41, 5.74) is 3.87. The van der Waals surface area contributed by atoms with Gasteiger partial charge in [0.2, 0.25) is 0 Å². The van der Waals surface area contributed by atoms with E-state index in [4.69, 9.17) is 10.00 Å². The molecule has 3 heteroatoms. The van der Waals surface area contributed by atoms with Crippen LogP contribution in [0.15, 0.2) is 36.7 Å². The maximum atomic E-state index is 8.82. The molecule has 0 radical (unpaired) electrons. The van der Waals surface area contributed by atoms with Crippen molar-refractivity contribution < 1.29 is 4.74 Å². The molecule has 1 aromatic carbocycles.